The second kappa shape index (κ2) is 6.10. The van der Waals surface area contributed by atoms with Gasteiger partial charge in [0.25, 0.3) is 0 Å². The van der Waals surface area contributed by atoms with Gasteiger partial charge in [0.1, 0.15) is 11.9 Å². The number of aromatic nitrogens is 1. The summed E-state index contributed by atoms with van der Waals surface area (Å²) in [5, 5.41) is 9.31. The Kier molecular flexibility index (Phi) is 4.46. The number of carbonyl (C=O) groups excluding carboxylic acids is 1. The monoisotopic (exact) mass is 292 g/mol. The SMILES string of the molecule is CC(=O)N(C)C1CCN(c2ncc(C#N)cc2Cl)CC1. The Morgan fingerprint density at radius 1 is 1.55 bits per heavy atom. The van der Waals surface area contributed by atoms with Gasteiger partial charge in [0.2, 0.25) is 5.91 Å². The minimum atomic E-state index is 0.0954. The summed E-state index contributed by atoms with van der Waals surface area (Å²) in [4.78, 5) is 19.5. The van der Waals surface area contributed by atoms with E-state index in [0.29, 0.717) is 10.6 Å². The summed E-state index contributed by atoms with van der Waals surface area (Å²) >= 11 is 6.17. The molecule has 0 radical (unpaired) electrons. The Hall–Kier alpha value is -1.80. The Bertz CT molecular complexity index is 547. The molecule has 1 amide bonds. The normalized spacial score (nSPS) is 15.8. The molecule has 1 saturated heterocycles. The van der Waals surface area contributed by atoms with Crippen LogP contribution < -0.4 is 4.90 Å². The van der Waals surface area contributed by atoms with Crippen LogP contribution in [0.25, 0.3) is 0 Å². The summed E-state index contributed by atoms with van der Waals surface area (Å²) in [7, 11) is 1.84. The van der Waals surface area contributed by atoms with Gasteiger partial charge in [0.15, 0.2) is 0 Å². The van der Waals surface area contributed by atoms with E-state index in [1.165, 1.54) is 6.20 Å². The first kappa shape index (κ1) is 14.6. The van der Waals surface area contributed by atoms with Crippen molar-refractivity contribution in [2.75, 3.05) is 25.0 Å². The molecule has 20 heavy (non-hydrogen) atoms. The minimum Gasteiger partial charge on any atom is -0.355 e. The molecule has 0 N–H and O–H groups in total. The van der Waals surface area contributed by atoms with Crippen LogP contribution in [0.15, 0.2) is 12.3 Å². The Morgan fingerprint density at radius 2 is 2.20 bits per heavy atom. The first-order chi connectivity index (χ1) is 9.52. The molecule has 0 bridgehead atoms. The molecule has 2 heterocycles. The highest BCUT2D eigenvalue weighted by Crippen LogP contribution is 2.27. The number of nitriles is 1. The average molecular weight is 293 g/mol. The minimum absolute atomic E-state index is 0.0954. The van der Waals surface area contributed by atoms with Crippen LogP contribution in [0.4, 0.5) is 5.82 Å². The number of hydrogen-bond acceptors (Lipinski definition) is 4. The first-order valence-corrected chi connectivity index (χ1v) is 6.94. The van der Waals surface area contributed by atoms with Gasteiger partial charge in [-0.3, -0.25) is 4.79 Å². The van der Waals surface area contributed by atoms with Gasteiger partial charge in [-0.1, -0.05) is 11.6 Å². The summed E-state index contributed by atoms with van der Waals surface area (Å²) in [6.45, 7) is 3.20. The van der Waals surface area contributed by atoms with Crippen LogP contribution in [0.1, 0.15) is 25.3 Å². The van der Waals surface area contributed by atoms with E-state index >= 15 is 0 Å². The predicted molar refractivity (Wildman–Crippen MR) is 77.6 cm³/mol. The summed E-state index contributed by atoms with van der Waals surface area (Å²) in [6, 6.07) is 3.94. The molecule has 6 heteroatoms. The smallest absolute Gasteiger partial charge is 0.219 e. The number of amides is 1. The number of halogens is 1. The molecule has 106 valence electrons. The molecule has 0 spiro atoms. The molecular formula is C14H17ClN4O. The number of nitrogens with zero attached hydrogens (tertiary/aromatic N) is 4. The molecule has 0 atom stereocenters. The molecular weight excluding hydrogens is 276 g/mol. The number of anilines is 1. The lowest BCUT2D eigenvalue weighted by molar-refractivity contribution is -0.129. The van der Waals surface area contributed by atoms with E-state index in [0.717, 1.165) is 31.7 Å². The van der Waals surface area contributed by atoms with Gasteiger partial charge in [-0.2, -0.15) is 5.26 Å². The summed E-state index contributed by atoms with van der Waals surface area (Å²) in [5.41, 5.74) is 0.463. The van der Waals surface area contributed by atoms with Gasteiger partial charge >= 0.3 is 0 Å². The highest BCUT2D eigenvalue weighted by Gasteiger charge is 2.25. The summed E-state index contributed by atoms with van der Waals surface area (Å²) in [5.74, 6) is 0.813. The lowest BCUT2D eigenvalue weighted by Gasteiger charge is -2.37. The van der Waals surface area contributed by atoms with Crippen molar-refractivity contribution in [1.29, 1.82) is 5.26 Å². The van der Waals surface area contributed by atoms with Crippen molar-refractivity contribution in [1.82, 2.24) is 9.88 Å². The number of hydrogen-bond donors (Lipinski definition) is 0. The van der Waals surface area contributed by atoms with E-state index < -0.39 is 0 Å². The van der Waals surface area contributed by atoms with Crippen molar-refractivity contribution < 1.29 is 4.79 Å². The molecule has 5 nitrogen and oxygen atoms in total. The van der Waals surface area contributed by atoms with E-state index in [-0.39, 0.29) is 11.9 Å². The van der Waals surface area contributed by atoms with Crippen molar-refractivity contribution in [3.05, 3.63) is 22.8 Å². The van der Waals surface area contributed by atoms with Crippen molar-refractivity contribution in [3.63, 3.8) is 0 Å². The quantitative estimate of drug-likeness (QED) is 0.837. The standard InChI is InChI=1S/C14H17ClN4O/c1-10(20)18(2)12-3-5-19(6-4-12)14-13(15)7-11(8-16)9-17-14/h7,9,12H,3-6H2,1-2H3. The fraction of sp³-hybridized carbons (Fsp3) is 0.500. The molecule has 0 aliphatic carbocycles. The highest BCUT2D eigenvalue weighted by molar-refractivity contribution is 6.33. The highest BCUT2D eigenvalue weighted by atomic mass is 35.5. The number of carbonyl (C=O) groups is 1. The third-order valence-corrected chi connectivity index (χ3v) is 4.04. The second-order valence-corrected chi connectivity index (χ2v) is 5.40. The maximum absolute atomic E-state index is 11.4. The van der Waals surface area contributed by atoms with E-state index in [1.54, 1.807) is 17.9 Å². The van der Waals surface area contributed by atoms with Crippen LogP contribution in [-0.4, -0.2) is 42.0 Å². The largest absolute Gasteiger partial charge is 0.355 e. The fourth-order valence-electron chi connectivity index (χ4n) is 2.45. The lowest BCUT2D eigenvalue weighted by Crippen LogP contribution is -2.45. The Morgan fingerprint density at radius 3 is 2.70 bits per heavy atom. The zero-order valence-electron chi connectivity index (χ0n) is 11.6. The molecule has 0 saturated carbocycles. The van der Waals surface area contributed by atoms with Crippen molar-refractivity contribution in [3.8, 4) is 6.07 Å². The first-order valence-electron chi connectivity index (χ1n) is 6.57. The average Bonchev–Trinajstić information content (AvgIpc) is 2.46. The molecule has 1 aromatic rings. The molecule has 1 aliphatic heterocycles. The number of pyridine rings is 1. The van der Waals surface area contributed by atoms with Crippen LogP contribution in [0, 0.1) is 11.3 Å². The van der Waals surface area contributed by atoms with Crippen LogP contribution >= 0.6 is 11.6 Å². The van der Waals surface area contributed by atoms with Gasteiger partial charge in [0.05, 0.1) is 10.6 Å². The third-order valence-electron chi connectivity index (χ3n) is 3.76. The Balaban J connectivity index is 2.04. The molecule has 1 aromatic heterocycles. The van der Waals surface area contributed by atoms with Gasteiger partial charge in [-0.15, -0.1) is 0 Å². The van der Waals surface area contributed by atoms with Crippen LogP contribution in [0.5, 0.6) is 0 Å². The van der Waals surface area contributed by atoms with E-state index in [9.17, 15) is 4.79 Å². The van der Waals surface area contributed by atoms with E-state index in [1.807, 2.05) is 13.1 Å². The summed E-state index contributed by atoms with van der Waals surface area (Å²) < 4.78 is 0. The van der Waals surface area contributed by atoms with Gasteiger partial charge in [-0.25, -0.2) is 4.98 Å². The zero-order chi connectivity index (χ0) is 14.7. The van der Waals surface area contributed by atoms with Crippen molar-refractivity contribution >= 4 is 23.3 Å². The fourth-order valence-corrected chi connectivity index (χ4v) is 2.73. The van der Waals surface area contributed by atoms with E-state index in [4.69, 9.17) is 16.9 Å². The second-order valence-electron chi connectivity index (χ2n) is 4.99. The molecule has 0 unspecified atom stereocenters. The third kappa shape index (κ3) is 3.02. The summed E-state index contributed by atoms with van der Waals surface area (Å²) in [6.07, 6.45) is 3.33. The van der Waals surface area contributed by atoms with Gasteiger partial charge in [-0.05, 0) is 18.9 Å². The zero-order valence-corrected chi connectivity index (χ0v) is 12.4. The van der Waals surface area contributed by atoms with Crippen molar-refractivity contribution in [2.24, 2.45) is 0 Å². The Labute approximate surface area is 123 Å². The van der Waals surface area contributed by atoms with Crippen LogP contribution in [0.3, 0.4) is 0 Å². The molecule has 0 aromatic carbocycles. The topological polar surface area (TPSA) is 60.2 Å². The predicted octanol–water partition coefficient (Wildman–Crippen LogP) is 2.05. The number of piperidine rings is 1. The van der Waals surface area contributed by atoms with Crippen LogP contribution in [0.2, 0.25) is 5.02 Å². The van der Waals surface area contributed by atoms with Gasteiger partial charge in [0, 0.05) is 39.3 Å². The molecule has 1 fully saturated rings. The van der Waals surface area contributed by atoms with Crippen molar-refractivity contribution in [2.45, 2.75) is 25.8 Å². The molecule has 1 aliphatic rings. The molecule has 2 rings (SSSR count). The maximum Gasteiger partial charge on any atom is 0.219 e. The van der Waals surface area contributed by atoms with Crippen LogP contribution in [-0.2, 0) is 4.79 Å². The van der Waals surface area contributed by atoms with Gasteiger partial charge < -0.3 is 9.80 Å². The maximum atomic E-state index is 11.4. The lowest BCUT2D eigenvalue weighted by atomic mass is 10.0. The van der Waals surface area contributed by atoms with E-state index in [2.05, 4.69) is 9.88 Å². The number of rotatable bonds is 2.